The Hall–Kier alpha value is -0.980. The summed E-state index contributed by atoms with van der Waals surface area (Å²) in [6.07, 6.45) is 18.0. The molecule has 0 atom stereocenters. The van der Waals surface area contributed by atoms with Crippen molar-refractivity contribution in [3.63, 3.8) is 0 Å². The first-order valence-corrected chi connectivity index (χ1v) is 10.0. The second kappa shape index (κ2) is 12.4. The first kappa shape index (κ1) is 20.1. The van der Waals surface area contributed by atoms with Crippen LogP contribution in [-0.2, 0) is 6.42 Å². The summed E-state index contributed by atoms with van der Waals surface area (Å²) < 4.78 is 0. The molecule has 0 aliphatic carbocycles. The van der Waals surface area contributed by atoms with Gasteiger partial charge in [-0.3, -0.25) is 0 Å². The molecule has 0 saturated carbocycles. The summed E-state index contributed by atoms with van der Waals surface area (Å²) in [5, 5.41) is 0. The Bertz CT molecular complexity index is 399. The monoisotopic (exact) mass is 317 g/mol. The summed E-state index contributed by atoms with van der Waals surface area (Å²) in [5.41, 5.74) is 11.2. The van der Waals surface area contributed by atoms with E-state index < -0.39 is 0 Å². The molecule has 0 heterocycles. The van der Waals surface area contributed by atoms with Gasteiger partial charge in [-0.25, -0.2) is 0 Å². The SMILES string of the molecule is CCCCCCCCCCCCCCc1c(C)cc(C)cc1N. The Morgan fingerprint density at radius 1 is 0.696 bits per heavy atom. The molecule has 0 amide bonds. The maximum absolute atomic E-state index is 6.16. The van der Waals surface area contributed by atoms with Crippen molar-refractivity contribution in [1.29, 1.82) is 0 Å². The summed E-state index contributed by atoms with van der Waals surface area (Å²) in [4.78, 5) is 0. The van der Waals surface area contributed by atoms with Crippen molar-refractivity contribution in [1.82, 2.24) is 0 Å². The van der Waals surface area contributed by atoms with E-state index in [1.165, 1.54) is 93.7 Å². The molecule has 1 rings (SSSR count). The Balaban J connectivity index is 1.98. The molecule has 0 spiro atoms. The van der Waals surface area contributed by atoms with Gasteiger partial charge in [0.2, 0.25) is 0 Å². The molecule has 0 aliphatic heterocycles. The molecule has 1 nitrogen and oxygen atoms in total. The predicted octanol–water partition coefficient (Wildman–Crippen LogP) is 7.13. The minimum atomic E-state index is 0.991. The number of anilines is 1. The van der Waals surface area contributed by atoms with Crippen LogP contribution in [0.1, 0.15) is 101 Å². The number of unbranched alkanes of at least 4 members (excludes halogenated alkanes) is 11. The lowest BCUT2D eigenvalue weighted by Crippen LogP contribution is -1.99. The highest BCUT2D eigenvalue weighted by Crippen LogP contribution is 2.22. The van der Waals surface area contributed by atoms with Gasteiger partial charge in [0.25, 0.3) is 0 Å². The fourth-order valence-electron chi connectivity index (χ4n) is 3.51. The standard InChI is InChI=1S/C22H39N/c1-4-5-6-7-8-9-10-11-12-13-14-15-16-21-20(3)17-19(2)18-22(21)23/h17-18H,4-16,23H2,1-3H3. The van der Waals surface area contributed by atoms with Crippen LogP contribution in [0.5, 0.6) is 0 Å². The van der Waals surface area contributed by atoms with Crippen LogP contribution in [0, 0.1) is 13.8 Å². The van der Waals surface area contributed by atoms with Crippen LogP contribution in [-0.4, -0.2) is 0 Å². The first-order valence-electron chi connectivity index (χ1n) is 10.0. The van der Waals surface area contributed by atoms with Gasteiger partial charge in [-0.2, -0.15) is 0 Å². The summed E-state index contributed by atoms with van der Waals surface area (Å²) in [7, 11) is 0. The fourth-order valence-corrected chi connectivity index (χ4v) is 3.51. The fraction of sp³-hybridized carbons (Fsp3) is 0.727. The van der Waals surface area contributed by atoms with Crippen molar-refractivity contribution >= 4 is 5.69 Å². The molecule has 0 saturated heterocycles. The van der Waals surface area contributed by atoms with Crippen LogP contribution >= 0.6 is 0 Å². The number of benzene rings is 1. The van der Waals surface area contributed by atoms with Gasteiger partial charge in [-0.15, -0.1) is 0 Å². The Labute approximate surface area is 145 Å². The molecular weight excluding hydrogens is 278 g/mol. The van der Waals surface area contributed by atoms with E-state index in [9.17, 15) is 0 Å². The van der Waals surface area contributed by atoms with Crippen LogP contribution < -0.4 is 5.73 Å². The highest BCUT2D eigenvalue weighted by Gasteiger charge is 2.04. The summed E-state index contributed by atoms with van der Waals surface area (Å²) in [5.74, 6) is 0. The van der Waals surface area contributed by atoms with E-state index in [0.29, 0.717) is 0 Å². The molecule has 1 aromatic rings. The number of nitrogens with two attached hydrogens (primary N) is 1. The van der Waals surface area contributed by atoms with Gasteiger partial charge in [-0.05, 0) is 49.4 Å². The molecule has 1 heteroatoms. The third kappa shape index (κ3) is 9.03. The molecule has 0 unspecified atom stereocenters. The van der Waals surface area contributed by atoms with Crippen molar-refractivity contribution in [2.45, 2.75) is 104 Å². The molecule has 0 fully saturated rings. The molecule has 2 N–H and O–H groups in total. The Morgan fingerprint density at radius 2 is 1.17 bits per heavy atom. The molecule has 1 aromatic carbocycles. The normalized spacial score (nSPS) is 11.1. The highest BCUT2D eigenvalue weighted by atomic mass is 14.6. The maximum atomic E-state index is 6.16. The molecule has 0 aliphatic rings. The third-order valence-electron chi connectivity index (χ3n) is 4.93. The largest absolute Gasteiger partial charge is 0.398 e. The zero-order valence-corrected chi connectivity index (χ0v) is 15.9. The van der Waals surface area contributed by atoms with E-state index in [-0.39, 0.29) is 0 Å². The number of rotatable bonds is 13. The second-order valence-electron chi connectivity index (χ2n) is 7.29. The lowest BCUT2D eigenvalue weighted by molar-refractivity contribution is 0.544. The summed E-state index contributed by atoms with van der Waals surface area (Å²) in [6.45, 7) is 6.60. The Morgan fingerprint density at radius 3 is 1.65 bits per heavy atom. The predicted molar refractivity (Wildman–Crippen MR) is 105 cm³/mol. The molecular formula is C22H39N. The van der Waals surface area contributed by atoms with Crippen LogP contribution in [0.25, 0.3) is 0 Å². The van der Waals surface area contributed by atoms with Crippen LogP contribution in [0.2, 0.25) is 0 Å². The van der Waals surface area contributed by atoms with Crippen molar-refractivity contribution < 1.29 is 0 Å². The minimum Gasteiger partial charge on any atom is -0.398 e. The van der Waals surface area contributed by atoms with Crippen molar-refractivity contribution in [3.05, 3.63) is 28.8 Å². The number of nitrogen functional groups attached to an aromatic ring is 1. The minimum absolute atomic E-state index is 0.991. The zero-order chi connectivity index (χ0) is 16.9. The lowest BCUT2D eigenvalue weighted by Gasteiger charge is -2.11. The van der Waals surface area contributed by atoms with E-state index in [4.69, 9.17) is 5.73 Å². The zero-order valence-electron chi connectivity index (χ0n) is 15.9. The molecule has 0 aromatic heterocycles. The average molecular weight is 318 g/mol. The highest BCUT2D eigenvalue weighted by molar-refractivity contribution is 5.53. The van der Waals surface area contributed by atoms with Gasteiger partial charge >= 0.3 is 0 Å². The van der Waals surface area contributed by atoms with Crippen molar-refractivity contribution in [3.8, 4) is 0 Å². The molecule has 0 bridgehead atoms. The van der Waals surface area contributed by atoms with E-state index in [0.717, 1.165) is 12.1 Å². The smallest absolute Gasteiger partial charge is 0.0351 e. The van der Waals surface area contributed by atoms with Crippen LogP contribution in [0.3, 0.4) is 0 Å². The molecule has 0 radical (unpaired) electrons. The van der Waals surface area contributed by atoms with E-state index >= 15 is 0 Å². The second-order valence-corrected chi connectivity index (χ2v) is 7.29. The van der Waals surface area contributed by atoms with Gasteiger partial charge in [0.05, 0.1) is 0 Å². The van der Waals surface area contributed by atoms with Crippen molar-refractivity contribution in [2.75, 3.05) is 5.73 Å². The van der Waals surface area contributed by atoms with Gasteiger partial charge in [0, 0.05) is 5.69 Å². The van der Waals surface area contributed by atoms with Gasteiger partial charge in [0.1, 0.15) is 0 Å². The molecule has 132 valence electrons. The number of hydrogen-bond acceptors (Lipinski definition) is 1. The van der Waals surface area contributed by atoms with Gasteiger partial charge < -0.3 is 5.73 Å². The average Bonchev–Trinajstić information content (AvgIpc) is 2.50. The van der Waals surface area contributed by atoms with Crippen LogP contribution in [0.15, 0.2) is 12.1 Å². The van der Waals surface area contributed by atoms with E-state index in [2.05, 4.69) is 32.9 Å². The van der Waals surface area contributed by atoms with E-state index in [1.54, 1.807) is 0 Å². The maximum Gasteiger partial charge on any atom is 0.0351 e. The lowest BCUT2D eigenvalue weighted by atomic mass is 9.97. The number of aryl methyl sites for hydroxylation is 2. The first-order chi connectivity index (χ1) is 11.1. The molecule has 23 heavy (non-hydrogen) atoms. The topological polar surface area (TPSA) is 26.0 Å². The quantitative estimate of drug-likeness (QED) is 0.304. The number of hydrogen-bond donors (Lipinski definition) is 1. The van der Waals surface area contributed by atoms with Crippen molar-refractivity contribution in [2.24, 2.45) is 0 Å². The summed E-state index contributed by atoms with van der Waals surface area (Å²) >= 11 is 0. The van der Waals surface area contributed by atoms with Gasteiger partial charge in [-0.1, -0.05) is 83.6 Å². The summed E-state index contributed by atoms with van der Waals surface area (Å²) in [6, 6.07) is 4.37. The Kier molecular flexibility index (Phi) is 10.9. The van der Waals surface area contributed by atoms with Crippen LogP contribution in [0.4, 0.5) is 5.69 Å². The van der Waals surface area contributed by atoms with Gasteiger partial charge in [0.15, 0.2) is 0 Å². The van der Waals surface area contributed by atoms with E-state index in [1.807, 2.05) is 0 Å². The third-order valence-corrected chi connectivity index (χ3v) is 4.93.